The Bertz CT molecular complexity index is 361. The number of ether oxygens (including phenoxy) is 1. The summed E-state index contributed by atoms with van der Waals surface area (Å²) in [5.74, 6) is 0.944. The van der Waals surface area contributed by atoms with Gasteiger partial charge in [-0.15, -0.1) is 6.58 Å². The molecule has 0 atom stereocenters. The van der Waals surface area contributed by atoms with Crippen molar-refractivity contribution >= 4 is 5.78 Å². The molecule has 0 radical (unpaired) electrons. The van der Waals surface area contributed by atoms with Gasteiger partial charge in [0.1, 0.15) is 5.75 Å². The van der Waals surface area contributed by atoms with Crippen molar-refractivity contribution < 1.29 is 9.53 Å². The van der Waals surface area contributed by atoms with E-state index < -0.39 is 0 Å². The summed E-state index contributed by atoms with van der Waals surface area (Å²) in [6, 6.07) is 7.56. The van der Waals surface area contributed by atoms with Gasteiger partial charge in [-0.1, -0.05) is 18.2 Å². The van der Waals surface area contributed by atoms with Crippen LogP contribution in [0.15, 0.2) is 36.9 Å². The number of carbonyl (C=O) groups excluding carboxylic acids is 1. The monoisotopic (exact) mass is 219 g/mol. The highest BCUT2D eigenvalue weighted by atomic mass is 16.5. The zero-order chi connectivity index (χ0) is 11.8. The lowest BCUT2D eigenvalue weighted by Crippen LogP contribution is -2.24. The Kier molecular flexibility index (Phi) is 5.29. The molecule has 0 fully saturated rings. The van der Waals surface area contributed by atoms with Crippen molar-refractivity contribution in [3.63, 3.8) is 0 Å². The van der Waals surface area contributed by atoms with Crippen LogP contribution in [0.4, 0.5) is 0 Å². The molecule has 0 aromatic heterocycles. The summed E-state index contributed by atoms with van der Waals surface area (Å²) < 4.78 is 5.09. The molecule has 0 saturated carbocycles. The highest BCUT2D eigenvalue weighted by molar-refractivity contribution is 5.82. The van der Waals surface area contributed by atoms with Crippen LogP contribution in [-0.2, 0) is 11.2 Å². The van der Waals surface area contributed by atoms with Crippen LogP contribution in [0, 0.1) is 0 Å². The standard InChI is InChI=1S/C13H17NO2/c1-3-7-14-10-12(15)8-11-5-4-6-13(9-11)16-2/h3-6,9,14H,1,7-8,10H2,2H3. The van der Waals surface area contributed by atoms with Crippen molar-refractivity contribution in [3.8, 4) is 5.75 Å². The van der Waals surface area contributed by atoms with Gasteiger partial charge in [0, 0.05) is 13.0 Å². The minimum atomic E-state index is 0.162. The molecule has 1 aromatic carbocycles. The molecule has 1 N–H and O–H groups in total. The first-order valence-corrected chi connectivity index (χ1v) is 5.22. The predicted molar refractivity (Wildman–Crippen MR) is 64.8 cm³/mol. The molecule has 0 bridgehead atoms. The van der Waals surface area contributed by atoms with Gasteiger partial charge in [0.15, 0.2) is 5.78 Å². The third-order valence-electron chi connectivity index (χ3n) is 2.15. The number of Topliss-reactive ketones (excluding diaryl/α,β-unsaturated/α-hetero) is 1. The van der Waals surface area contributed by atoms with E-state index in [1.54, 1.807) is 13.2 Å². The summed E-state index contributed by atoms with van der Waals surface area (Å²) >= 11 is 0. The Balaban J connectivity index is 2.45. The molecule has 0 unspecified atom stereocenters. The van der Waals surface area contributed by atoms with Gasteiger partial charge in [-0.3, -0.25) is 4.79 Å². The van der Waals surface area contributed by atoms with E-state index in [0.29, 0.717) is 19.5 Å². The Labute approximate surface area is 96.1 Å². The average Bonchev–Trinajstić information content (AvgIpc) is 2.29. The second-order valence-corrected chi connectivity index (χ2v) is 3.49. The van der Waals surface area contributed by atoms with Crippen molar-refractivity contribution in [3.05, 3.63) is 42.5 Å². The molecule has 0 aliphatic carbocycles. The van der Waals surface area contributed by atoms with Gasteiger partial charge in [0.25, 0.3) is 0 Å². The molecule has 3 heteroatoms. The zero-order valence-corrected chi connectivity index (χ0v) is 9.53. The molecular formula is C13H17NO2. The van der Waals surface area contributed by atoms with Crippen LogP contribution in [0.1, 0.15) is 5.56 Å². The van der Waals surface area contributed by atoms with Gasteiger partial charge in [0.2, 0.25) is 0 Å². The molecule has 86 valence electrons. The number of hydrogen-bond donors (Lipinski definition) is 1. The normalized spacial score (nSPS) is 9.81. The summed E-state index contributed by atoms with van der Waals surface area (Å²) in [5, 5.41) is 2.98. The topological polar surface area (TPSA) is 38.3 Å². The molecule has 0 aliphatic heterocycles. The number of rotatable bonds is 7. The molecule has 0 heterocycles. The first-order chi connectivity index (χ1) is 7.76. The smallest absolute Gasteiger partial charge is 0.150 e. The molecule has 0 amide bonds. The highest BCUT2D eigenvalue weighted by Crippen LogP contribution is 2.12. The van der Waals surface area contributed by atoms with Crippen LogP contribution >= 0.6 is 0 Å². The summed E-state index contributed by atoms with van der Waals surface area (Å²) in [7, 11) is 1.62. The van der Waals surface area contributed by atoms with Gasteiger partial charge in [-0.25, -0.2) is 0 Å². The fourth-order valence-electron chi connectivity index (χ4n) is 1.39. The lowest BCUT2D eigenvalue weighted by molar-refractivity contribution is -0.117. The van der Waals surface area contributed by atoms with Gasteiger partial charge < -0.3 is 10.1 Å². The maximum absolute atomic E-state index is 11.5. The van der Waals surface area contributed by atoms with E-state index in [1.807, 2.05) is 24.3 Å². The second-order valence-electron chi connectivity index (χ2n) is 3.49. The van der Waals surface area contributed by atoms with E-state index in [-0.39, 0.29) is 5.78 Å². The molecule has 0 aliphatic rings. The summed E-state index contributed by atoms with van der Waals surface area (Å²) in [6.07, 6.45) is 2.17. The number of nitrogens with one attached hydrogen (secondary N) is 1. The van der Waals surface area contributed by atoms with Crippen molar-refractivity contribution in [1.29, 1.82) is 0 Å². The van der Waals surface area contributed by atoms with E-state index >= 15 is 0 Å². The average molecular weight is 219 g/mol. The van der Waals surface area contributed by atoms with Crippen LogP contribution in [0.5, 0.6) is 5.75 Å². The lowest BCUT2D eigenvalue weighted by atomic mass is 10.1. The molecule has 0 spiro atoms. The molecule has 1 rings (SSSR count). The number of ketones is 1. The molecule has 0 saturated heterocycles. The molecule has 16 heavy (non-hydrogen) atoms. The predicted octanol–water partition coefficient (Wildman–Crippen LogP) is 1.58. The van der Waals surface area contributed by atoms with E-state index in [2.05, 4.69) is 11.9 Å². The van der Waals surface area contributed by atoms with Crippen LogP contribution < -0.4 is 10.1 Å². The Hall–Kier alpha value is -1.61. The highest BCUT2D eigenvalue weighted by Gasteiger charge is 2.03. The molecule has 3 nitrogen and oxygen atoms in total. The summed E-state index contributed by atoms with van der Waals surface area (Å²) in [5.41, 5.74) is 0.977. The van der Waals surface area contributed by atoms with Crippen molar-refractivity contribution in [2.75, 3.05) is 20.2 Å². The van der Waals surface area contributed by atoms with Gasteiger partial charge in [-0.05, 0) is 17.7 Å². The van der Waals surface area contributed by atoms with Crippen molar-refractivity contribution in [2.24, 2.45) is 0 Å². The maximum Gasteiger partial charge on any atom is 0.150 e. The van der Waals surface area contributed by atoms with Crippen LogP contribution in [-0.4, -0.2) is 26.0 Å². The van der Waals surface area contributed by atoms with Crippen LogP contribution in [0.3, 0.4) is 0 Å². The first kappa shape index (κ1) is 12.5. The summed E-state index contributed by atoms with van der Waals surface area (Å²) in [6.45, 7) is 4.61. The van der Waals surface area contributed by atoms with E-state index in [9.17, 15) is 4.79 Å². The third-order valence-corrected chi connectivity index (χ3v) is 2.15. The number of carbonyl (C=O) groups is 1. The van der Waals surface area contributed by atoms with E-state index in [1.165, 1.54) is 0 Å². The van der Waals surface area contributed by atoms with E-state index in [0.717, 1.165) is 11.3 Å². The maximum atomic E-state index is 11.5. The van der Waals surface area contributed by atoms with Crippen LogP contribution in [0.25, 0.3) is 0 Å². The minimum Gasteiger partial charge on any atom is -0.497 e. The lowest BCUT2D eigenvalue weighted by Gasteiger charge is -2.04. The van der Waals surface area contributed by atoms with Crippen molar-refractivity contribution in [1.82, 2.24) is 5.32 Å². The number of benzene rings is 1. The largest absolute Gasteiger partial charge is 0.497 e. The first-order valence-electron chi connectivity index (χ1n) is 5.22. The fourth-order valence-corrected chi connectivity index (χ4v) is 1.39. The number of methoxy groups -OCH3 is 1. The Morgan fingerprint density at radius 2 is 2.38 bits per heavy atom. The van der Waals surface area contributed by atoms with Crippen molar-refractivity contribution in [2.45, 2.75) is 6.42 Å². The molecular weight excluding hydrogens is 202 g/mol. The van der Waals surface area contributed by atoms with E-state index in [4.69, 9.17) is 4.74 Å². The quantitative estimate of drug-likeness (QED) is 0.559. The van der Waals surface area contributed by atoms with Gasteiger partial charge in [-0.2, -0.15) is 0 Å². The fraction of sp³-hybridized carbons (Fsp3) is 0.308. The Morgan fingerprint density at radius 3 is 3.06 bits per heavy atom. The molecule has 1 aromatic rings. The van der Waals surface area contributed by atoms with Gasteiger partial charge >= 0.3 is 0 Å². The van der Waals surface area contributed by atoms with Gasteiger partial charge in [0.05, 0.1) is 13.7 Å². The SMILES string of the molecule is C=CCNCC(=O)Cc1cccc(OC)c1. The third kappa shape index (κ3) is 4.28. The Morgan fingerprint density at radius 1 is 1.56 bits per heavy atom. The number of hydrogen-bond acceptors (Lipinski definition) is 3. The second kappa shape index (κ2) is 6.80. The van der Waals surface area contributed by atoms with Crippen LogP contribution in [0.2, 0.25) is 0 Å². The zero-order valence-electron chi connectivity index (χ0n) is 9.53. The summed E-state index contributed by atoms with van der Waals surface area (Å²) in [4.78, 5) is 11.5. The minimum absolute atomic E-state index is 0.162.